The van der Waals surface area contributed by atoms with Crippen molar-refractivity contribution in [3.63, 3.8) is 0 Å². The van der Waals surface area contributed by atoms with E-state index in [4.69, 9.17) is 16.3 Å². The number of halogens is 1. The van der Waals surface area contributed by atoms with E-state index in [1.165, 1.54) is 4.52 Å². The minimum Gasteiger partial charge on any atom is -0.437 e. The highest BCUT2D eigenvalue weighted by molar-refractivity contribution is 6.28. The first-order chi connectivity index (χ1) is 12.2. The Morgan fingerprint density at radius 2 is 1.84 bits per heavy atom. The van der Waals surface area contributed by atoms with E-state index in [0.717, 1.165) is 11.1 Å². The third-order valence-electron chi connectivity index (χ3n) is 3.61. The first kappa shape index (κ1) is 15.1. The lowest BCUT2D eigenvalue weighted by atomic mass is 10.0. The molecule has 0 unspecified atom stereocenters. The zero-order valence-electron chi connectivity index (χ0n) is 12.8. The number of ether oxygens (including phenoxy) is 1. The van der Waals surface area contributed by atoms with Crippen LogP contribution in [0, 0.1) is 11.3 Å². The maximum Gasteiger partial charge on any atom is 0.246 e. The Morgan fingerprint density at radius 3 is 2.64 bits per heavy atom. The van der Waals surface area contributed by atoms with Gasteiger partial charge in [0.2, 0.25) is 11.2 Å². The van der Waals surface area contributed by atoms with Gasteiger partial charge in [0.1, 0.15) is 5.75 Å². The van der Waals surface area contributed by atoms with Crippen LogP contribution >= 0.6 is 11.6 Å². The molecule has 7 heteroatoms. The Kier molecular flexibility index (Phi) is 3.77. The normalized spacial score (nSPS) is 10.6. The van der Waals surface area contributed by atoms with Crippen molar-refractivity contribution in [1.29, 1.82) is 5.26 Å². The molecular formula is C18H10ClN5O. The largest absolute Gasteiger partial charge is 0.437 e. The summed E-state index contributed by atoms with van der Waals surface area (Å²) >= 11 is 5.95. The molecule has 2 aromatic carbocycles. The van der Waals surface area contributed by atoms with Crippen molar-refractivity contribution in [3.05, 3.63) is 71.5 Å². The van der Waals surface area contributed by atoms with Gasteiger partial charge in [0.05, 0.1) is 11.6 Å². The monoisotopic (exact) mass is 347 g/mol. The molecule has 4 aromatic rings. The van der Waals surface area contributed by atoms with E-state index in [1.54, 1.807) is 30.3 Å². The third-order valence-corrected chi connectivity index (χ3v) is 3.84. The van der Waals surface area contributed by atoms with Crippen LogP contribution in [-0.2, 0) is 0 Å². The zero-order chi connectivity index (χ0) is 17.2. The molecule has 0 saturated heterocycles. The molecule has 2 aromatic heterocycles. The molecule has 0 radical (unpaired) electrons. The summed E-state index contributed by atoms with van der Waals surface area (Å²) in [6.07, 6.45) is 0. The zero-order valence-corrected chi connectivity index (χ0v) is 13.6. The molecule has 0 aliphatic heterocycles. The smallest absolute Gasteiger partial charge is 0.246 e. The third kappa shape index (κ3) is 2.89. The maximum absolute atomic E-state index is 9.18. The number of hydrogen-bond acceptors (Lipinski definition) is 5. The fourth-order valence-electron chi connectivity index (χ4n) is 2.44. The summed E-state index contributed by atoms with van der Waals surface area (Å²) < 4.78 is 7.33. The number of aromatic nitrogens is 4. The van der Waals surface area contributed by atoms with Crippen LogP contribution in [0.25, 0.3) is 16.8 Å². The molecule has 0 bridgehead atoms. The molecule has 0 fully saturated rings. The molecule has 0 aliphatic carbocycles. The molecule has 120 valence electrons. The molecule has 4 rings (SSSR count). The quantitative estimate of drug-likeness (QED) is 0.557. The van der Waals surface area contributed by atoms with E-state index in [-0.39, 0.29) is 5.28 Å². The summed E-state index contributed by atoms with van der Waals surface area (Å²) in [6, 6.07) is 20.5. The summed E-state index contributed by atoms with van der Waals surface area (Å²) in [5.41, 5.74) is 2.83. The van der Waals surface area contributed by atoms with Crippen molar-refractivity contribution in [2.24, 2.45) is 0 Å². The van der Waals surface area contributed by atoms with Crippen molar-refractivity contribution in [2.75, 3.05) is 0 Å². The SMILES string of the molecule is N#Cc1ccc(Oc2ccc3nnc(Cl)n3n2)c(-c2ccccc2)c1. The van der Waals surface area contributed by atoms with Crippen molar-refractivity contribution < 1.29 is 4.74 Å². The second-order valence-electron chi connectivity index (χ2n) is 5.20. The van der Waals surface area contributed by atoms with Crippen LogP contribution in [0.2, 0.25) is 5.28 Å². The number of fused-ring (bicyclic) bond motifs is 1. The highest BCUT2D eigenvalue weighted by Crippen LogP contribution is 2.33. The number of benzene rings is 2. The van der Waals surface area contributed by atoms with Gasteiger partial charge < -0.3 is 4.74 Å². The molecule has 0 amide bonds. The molecule has 25 heavy (non-hydrogen) atoms. The fourth-order valence-corrected chi connectivity index (χ4v) is 2.61. The Hall–Kier alpha value is -3.43. The highest BCUT2D eigenvalue weighted by Gasteiger charge is 2.11. The number of nitrogens with zero attached hydrogens (tertiary/aromatic N) is 5. The van der Waals surface area contributed by atoms with Gasteiger partial charge in [-0.05, 0) is 41.4 Å². The molecule has 6 nitrogen and oxygen atoms in total. The highest BCUT2D eigenvalue weighted by atomic mass is 35.5. The molecule has 0 spiro atoms. The van der Waals surface area contributed by atoms with Gasteiger partial charge in [-0.25, -0.2) is 0 Å². The molecular weight excluding hydrogens is 338 g/mol. The molecule has 0 atom stereocenters. The van der Waals surface area contributed by atoms with Gasteiger partial charge in [-0.1, -0.05) is 30.3 Å². The van der Waals surface area contributed by atoms with Crippen LogP contribution in [0.15, 0.2) is 60.7 Å². The lowest BCUT2D eigenvalue weighted by Crippen LogP contribution is -1.97. The predicted octanol–water partition coefficient (Wildman–Crippen LogP) is 4.11. The Bertz CT molecular complexity index is 1100. The van der Waals surface area contributed by atoms with E-state index in [1.807, 2.05) is 30.3 Å². The number of hydrogen-bond donors (Lipinski definition) is 0. The number of rotatable bonds is 3. The summed E-state index contributed by atoms with van der Waals surface area (Å²) in [5, 5.41) is 21.3. The second-order valence-corrected chi connectivity index (χ2v) is 5.54. The summed E-state index contributed by atoms with van der Waals surface area (Å²) in [4.78, 5) is 0. The van der Waals surface area contributed by atoms with Crippen LogP contribution in [0.1, 0.15) is 5.56 Å². The van der Waals surface area contributed by atoms with Crippen molar-refractivity contribution in [1.82, 2.24) is 19.8 Å². The van der Waals surface area contributed by atoms with Crippen LogP contribution in [0.3, 0.4) is 0 Å². The molecule has 0 N–H and O–H groups in total. The summed E-state index contributed by atoms with van der Waals surface area (Å²) in [6.45, 7) is 0. The Morgan fingerprint density at radius 1 is 1.00 bits per heavy atom. The summed E-state index contributed by atoms with van der Waals surface area (Å²) in [7, 11) is 0. The van der Waals surface area contributed by atoms with Crippen LogP contribution in [0.4, 0.5) is 0 Å². The topological polar surface area (TPSA) is 76.1 Å². The Labute approximate surface area is 147 Å². The van der Waals surface area contributed by atoms with E-state index in [0.29, 0.717) is 22.8 Å². The van der Waals surface area contributed by atoms with Gasteiger partial charge in [-0.3, -0.25) is 0 Å². The lowest BCUT2D eigenvalue weighted by molar-refractivity contribution is 0.454. The fraction of sp³-hybridized carbons (Fsp3) is 0. The van der Waals surface area contributed by atoms with E-state index < -0.39 is 0 Å². The average Bonchev–Trinajstić information content (AvgIpc) is 3.03. The van der Waals surface area contributed by atoms with Gasteiger partial charge in [0.15, 0.2) is 5.65 Å². The molecule has 0 aliphatic rings. The number of nitriles is 1. The van der Waals surface area contributed by atoms with Crippen LogP contribution in [0.5, 0.6) is 11.6 Å². The Balaban J connectivity index is 1.79. The average molecular weight is 348 g/mol. The minimum absolute atomic E-state index is 0.156. The first-order valence-corrected chi connectivity index (χ1v) is 7.78. The van der Waals surface area contributed by atoms with Crippen LogP contribution in [-0.4, -0.2) is 19.8 Å². The lowest BCUT2D eigenvalue weighted by Gasteiger charge is -2.11. The van der Waals surface area contributed by atoms with Crippen molar-refractivity contribution in [2.45, 2.75) is 0 Å². The predicted molar refractivity (Wildman–Crippen MR) is 92.5 cm³/mol. The van der Waals surface area contributed by atoms with Crippen LogP contribution < -0.4 is 4.74 Å². The van der Waals surface area contributed by atoms with Crippen molar-refractivity contribution in [3.8, 4) is 28.8 Å². The maximum atomic E-state index is 9.18. The molecule has 2 heterocycles. The van der Waals surface area contributed by atoms with Gasteiger partial charge in [0, 0.05) is 11.6 Å². The van der Waals surface area contributed by atoms with Gasteiger partial charge >= 0.3 is 0 Å². The van der Waals surface area contributed by atoms with E-state index >= 15 is 0 Å². The molecule has 0 saturated carbocycles. The summed E-state index contributed by atoms with van der Waals surface area (Å²) in [5.74, 6) is 0.928. The van der Waals surface area contributed by atoms with Gasteiger partial charge in [0.25, 0.3) is 0 Å². The van der Waals surface area contributed by atoms with Gasteiger partial charge in [-0.15, -0.1) is 15.3 Å². The van der Waals surface area contributed by atoms with Crippen molar-refractivity contribution >= 4 is 17.2 Å². The van der Waals surface area contributed by atoms with E-state index in [2.05, 4.69) is 21.4 Å². The standard InChI is InChI=1S/C18H10ClN5O/c19-18-22-21-16-8-9-17(23-24(16)18)25-15-7-6-12(11-20)10-14(15)13-4-2-1-3-5-13/h1-10H. The van der Waals surface area contributed by atoms with E-state index in [9.17, 15) is 5.26 Å². The second kappa shape index (κ2) is 6.23. The first-order valence-electron chi connectivity index (χ1n) is 7.40. The minimum atomic E-state index is 0.156. The van der Waals surface area contributed by atoms with Gasteiger partial charge in [-0.2, -0.15) is 9.78 Å².